The average Bonchev–Trinajstić information content (AvgIpc) is 2.29. The number of nitriles is 1. The molecule has 0 atom stereocenters. The van der Waals surface area contributed by atoms with Crippen molar-refractivity contribution in [2.45, 2.75) is 6.42 Å². The maximum Gasteiger partial charge on any atom is 0.135 e. The number of rotatable bonds is 5. The van der Waals surface area contributed by atoms with Gasteiger partial charge in [-0.3, -0.25) is 0 Å². The maximum absolute atomic E-state index is 8.69. The van der Waals surface area contributed by atoms with E-state index in [1.165, 1.54) is 0 Å². The lowest BCUT2D eigenvalue weighted by molar-refractivity contribution is 0.174. The van der Waals surface area contributed by atoms with Crippen LogP contribution in [0.4, 0.5) is 0 Å². The number of benzene rings is 1. The van der Waals surface area contributed by atoms with Gasteiger partial charge in [0.1, 0.15) is 12.3 Å². The molecule has 0 aliphatic carbocycles. The molecular weight excluding hydrogens is 268 g/mol. The van der Waals surface area contributed by atoms with E-state index >= 15 is 0 Å². The van der Waals surface area contributed by atoms with Gasteiger partial charge in [0.05, 0.1) is 12.5 Å². The standard InChI is InChI=1S/C12H11BrN2O/c1-2-9-16-15-12(7-8-14)10-3-5-11(13)6-4-10/h2-6H,1,7,9H2/b15-12+. The van der Waals surface area contributed by atoms with Gasteiger partial charge in [-0.1, -0.05) is 45.9 Å². The van der Waals surface area contributed by atoms with Crippen LogP contribution in [0.2, 0.25) is 0 Å². The Kier molecular flexibility index (Phi) is 5.30. The highest BCUT2D eigenvalue weighted by molar-refractivity contribution is 9.10. The maximum atomic E-state index is 8.69. The molecule has 16 heavy (non-hydrogen) atoms. The molecular formula is C12H11BrN2O. The molecule has 0 spiro atoms. The molecule has 0 unspecified atom stereocenters. The van der Waals surface area contributed by atoms with Crippen LogP contribution in [-0.4, -0.2) is 12.3 Å². The lowest BCUT2D eigenvalue weighted by atomic mass is 10.1. The summed E-state index contributed by atoms with van der Waals surface area (Å²) >= 11 is 3.35. The Morgan fingerprint density at radius 1 is 1.50 bits per heavy atom. The fourth-order valence-electron chi connectivity index (χ4n) is 1.07. The van der Waals surface area contributed by atoms with Crippen molar-refractivity contribution in [2.75, 3.05) is 6.61 Å². The normalized spacial score (nSPS) is 10.6. The van der Waals surface area contributed by atoms with Crippen molar-refractivity contribution in [2.24, 2.45) is 5.16 Å². The van der Waals surface area contributed by atoms with E-state index in [1.807, 2.05) is 24.3 Å². The Morgan fingerprint density at radius 2 is 2.19 bits per heavy atom. The minimum atomic E-state index is 0.221. The molecule has 1 rings (SSSR count). The first-order valence-electron chi connectivity index (χ1n) is 4.70. The van der Waals surface area contributed by atoms with E-state index in [4.69, 9.17) is 10.1 Å². The fraction of sp³-hybridized carbons (Fsp3) is 0.167. The summed E-state index contributed by atoms with van der Waals surface area (Å²) in [5.41, 5.74) is 1.51. The number of hydrogen-bond donors (Lipinski definition) is 0. The van der Waals surface area contributed by atoms with E-state index in [0.717, 1.165) is 10.0 Å². The molecule has 0 aliphatic heterocycles. The van der Waals surface area contributed by atoms with Gasteiger partial charge in [-0.05, 0) is 12.1 Å². The van der Waals surface area contributed by atoms with Gasteiger partial charge in [0.2, 0.25) is 0 Å². The first-order chi connectivity index (χ1) is 7.77. The molecule has 0 N–H and O–H groups in total. The van der Waals surface area contributed by atoms with E-state index in [1.54, 1.807) is 6.08 Å². The number of nitrogens with zero attached hydrogens (tertiary/aromatic N) is 2. The molecule has 0 saturated carbocycles. The summed E-state index contributed by atoms with van der Waals surface area (Å²) in [6.45, 7) is 3.86. The Morgan fingerprint density at radius 3 is 2.75 bits per heavy atom. The zero-order chi connectivity index (χ0) is 11.8. The highest BCUT2D eigenvalue weighted by Gasteiger charge is 2.03. The zero-order valence-electron chi connectivity index (χ0n) is 8.69. The molecule has 1 aromatic rings. The van der Waals surface area contributed by atoms with Crippen LogP contribution in [0.15, 0.2) is 46.5 Å². The second-order valence-corrected chi connectivity index (χ2v) is 3.88. The Labute approximate surface area is 103 Å². The van der Waals surface area contributed by atoms with Crippen molar-refractivity contribution < 1.29 is 4.84 Å². The second kappa shape index (κ2) is 6.81. The van der Waals surface area contributed by atoms with Crippen molar-refractivity contribution >= 4 is 21.6 Å². The smallest absolute Gasteiger partial charge is 0.135 e. The first-order valence-corrected chi connectivity index (χ1v) is 5.50. The minimum Gasteiger partial charge on any atom is -0.391 e. The van der Waals surface area contributed by atoms with Crippen LogP contribution in [0.1, 0.15) is 12.0 Å². The van der Waals surface area contributed by atoms with Crippen LogP contribution in [-0.2, 0) is 4.84 Å². The summed E-state index contributed by atoms with van der Waals surface area (Å²) in [6.07, 6.45) is 1.83. The molecule has 0 saturated heterocycles. The van der Waals surface area contributed by atoms with E-state index in [9.17, 15) is 0 Å². The molecule has 4 heteroatoms. The largest absolute Gasteiger partial charge is 0.391 e. The van der Waals surface area contributed by atoms with E-state index in [-0.39, 0.29) is 6.42 Å². The molecule has 82 valence electrons. The zero-order valence-corrected chi connectivity index (χ0v) is 10.3. The van der Waals surface area contributed by atoms with Crippen molar-refractivity contribution in [1.82, 2.24) is 0 Å². The van der Waals surface area contributed by atoms with Crippen LogP contribution in [0.5, 0.6) is 0 Å². The quantitative estimate of drug-likeness (QED) is 0.359. The molecule has 0 aliphatic rings. The molecule has 0 bridgehead atoms. The van der Waals surface area contributed by atoms with Gasteiger partial charge in [0.25, 0.3) is 0 Å². The van der Waals surface area contributed by atoms with Gasteiger partial charge >= 0.3 is 0 Å². The van der Waals surface area contributed by atoms with Crippen LogP contribution < -0.4 is 0 Å². The lowest BCUT2D eigenvalue weighted by Gasteiger charge is -2.02. The topological polar surface area (TPSA) is 45.4 Å². The summed E-state index contributed by atoms with van der Waals surface area (Å²) in [6, 6.07) is 9.63. The lowest BCUT2D eigenvalue weighted by Crippen LogP contribution is -2.01. The second-order valence-electron chi connectivity index (χ2n) is 2.96. The van der Waals surface area contributed by atoms with Crippen LogP contribution in [0.25, 0.3) is 0 Å². The van der Waals surface area contributed by atoms with E-state index in [2.05, 4.69) is 33.7 Å². The van der Waals surface area contributed by atoms with Crippen LogP contribution >= 0.6 is 15.9 Å². The van der Waals surface area contributed by atoms with Crippen LogP contribution in [0.3, 0.4) is 0 Å². The van der Waals surface area contributed by atoms with Gasteiger partial charge in [0, 0.05) is 10.0 Å². The summed E-state index contributed by atoms with van der Waals surface area (Å²) in [7, 11) is 0. The Hall–Kier alpha value is -1.60. The third-order valence-electron chi connectivity index (χ3n) is 1.79. The van der Waals surface area contributed by atoms with Gasteiger partial charge in [-0.15, -0.1) is 0 Å². The Balaban J connectivity index is 2.85. The molecule has 0 radical (unpaired) electrons. The third-order valence-corrected chi connectivity index (χ3v) is 2.32. The van der Waals surface area contributed by atoms with E-state index in [0.29, 0.717) is 12.3 Å². The molecule has 0 amide bonds. The van der Waals surface area contributed by atoms with E-state index < -0.39 is 0 Å². The van der Waals surface area contributed by atoms with Gasteiger partial charge in [0.15, 0.2) is 0 Å². The molecule has 0 aromatic heterocycles. The van der Waals surface area contributed by atoms with Crippen molar-refractivity contribution in [1.29, 1.82) is 5.26 Å². The third kappa shape index (κ3) is 3.87. The number of oxime groups is 1. The summed E-state index contributed by atoms with van der Waals surface area (Å²) in [4.78, 5) is 4.99. The summed E-state index contributed by atoms with van der Waals surface area (Å²) in [5, 5.41) is 12.6. The highest BCUT2D eigenvalue weighted by atomic mass is 79.9. The highest BCUT2D eigenvalue weighted by Crippen LogP contribution is 2.12. The van der Waals surface area contributed by atoms with Crippen LogP contribution in [0, 0.1) is 11.3 Å². The van der Waals surface area contributed by atoms with Gasteiger partial charge in [-0.2, -0.15) is 5.26 Å². The molecule has 3 nitrogen and oxygen atoms in total. The fourth-order valence-corrected chi connectivity index (χ4v) is 1.34. The average molecular weight is 279 g/mol. The van der Waals surface area contributed by atoms with Gasteiger partial charge in [-0.25, -0.2) is 0 Å². The number of halogens is 1. The monoisotopic (exact) mass is 278 g/mol. The SMILES string of the molecule is C=CCO/N=C(\CC#N)c1ccc(Br)cc1. The summed E-state index contributed by atoms with van der Waals surface area (Å²) < 4.78 is 0.986. The predicted molar refractivity (Wildman–Crippen MR) is 67.1 cm³/mol. The van der Waals surface area contributed by atoms with Crippen molar-refractivity contribution in [3.8, 4) is 6.07 Å². The van der Waals surface area contributed by atoms with Crippen molar-refractivity contribution in [3.63, 3.8) is 0 Å². The molecule has 0 fully saturated rings. The predicted octanol–water partition coefficient (Wildman–Crippen LogP) is 3.27. The summed E-state index contributed by atoms with van der Waals surface area (Å²) in [5.74, 6) is 0. The first kappa shape index (κ1) is 12.5. The number of hydrogen-bond acceptors (Lipinski definition) is 3. The molecule has 1 aromatic carbocycles. The Bertz CT molecular complexity index is 418. The minimum absolute atomic E-state index is 0.221. The molecule has 0 heterocycles. The van der Waals surface area contributed by atoms with Crippen molar-refractivity contribution in [3.05, 3.63) is 47.0 Å². The van der Waals surface area contributed by atoms with Gasteiger partial charge < -0.3 is 4.84 Å².